The van der Waals surface area contributed by atoms with Gasteiger partial charge in [-0.15, -0.1) is 0 Å². The van der Waals surface area contributed by atoms with Crippen molar-refractivity contribution < 1.29 is 19.4 Å². The molecule has 1 aromatic heterocycles. The minimum Gasteiger partial charge on any atom is -0.480 e. The van der Waals surface area contributed by atoms with E-state index in [0.717, 1.165) is 0 Å². The molecule has 1 fully saturated rings. The molecule has 0 unspecified atom stereocenters. The Kier molecular flexibility index (Phi) is 5.09. The molecule has 9 heteroatoms. The first-order chi connectivity index (χ1) is 10.0. The van der Waals surface area contributed by atoms with E-state index in [2.05, 4.69) is 15.4 Å². The topological polar surface area (TPSA) is 110 Å². The fraction of sp³-hybridized carbons (Fsp3) is 0.667. The Bertz CT molecular complexity index is 496. The van der Waals surface area contributed by atoms with E-state index in [-0.39, 0.29) is 25.3 Å². The molecule has 1 aliphatic heterocycles. The first kappa shape index (κ1) is 15.2. The molecule has 1 aliphatic rings. The first-order valence-corrected chi connectivity index (χ1v) is 6.75. The van der Waals surface area contributed by atoms with Gasteiger partial charge >= 0.3 is 12.0 Å². The molecule has 2 rings (SSSR count). The summed E-state index contributed by atoms with van der Waals surface area (Å²) in [7, 11) is 1.76. The molecule has 116 valence electrons. The van der Waals surface area contributed by atoms with Gasteiger partial charge in [0.25, 0.3) is 0 Å². The highest BCUT2D eigenvalue weighted by molar-refractivity contribution is 5.74. The van der Waals surface area contributed by atoms with Gasteiger partial charge in [0, 0.05) is 20.1 Å². The fourth-order valence-electron chi connectivity index (χ4n) is 2.15. The minimum absolute atomic E-state index is 0.0948. The summed E-state index contributed by atoms with van der Waals surface area (Å²) >= 11 is 0. The van der Waals surface area contributed by atoms with Crippen LogP contribution >= 0.6 is 0 Å². The molecule has 0 saturated carbocycles. The smallest absolute Gasteiger partial charge is 0.329 e. The maximum atomic E-state index is 12.0. The number of carbonyl (C=O) groups is 2. The molecular weight excluding hydrogens is 278 g/mol. The number of aryl methyl sites for hydroxylation is 1. The number of aromatic nitrogens is 3. The number of likely N-dealkylation sites (tertiary alicyclic amines) is 1. The summed E-state index contributed by atoms with van der Waals surface area (Å²) in [5, 5.41) is 15.4. The summed E-state index contributed by atoms with van der Waals surface area (Å²) in [5.74, 6) is -0.413. The highest BCUT2D eigenvalue weighted by Gasteiger charge is 2.23. The van der Waals surface area contributed by atoms with Gasteiger partial charge in [0.05, 0.1) is 12.6 Å². The van der Waals surface area contributed by atoms with Crippen molar-refractivity contribution in [2.24, 2.45) is 7.05 Å². The Morgan fingerprint density at radius 3 is 2.76 bits per heavy atom. The molecular formula is C12H19N5O4. The van der Waals surface area contributed by atoms with Crippen LogP contribution in [0, 0.1) is 0 Å². The van der Waals surface area contributed by atoms with Gasteiger partial charge in [-0.1, -0.05) is 0 Å². The zero-order chi connectivity index (χ0) is 15.2. The van der Waals surface area contributed by atoms with Crippen LogP contribution in [0.15, 0.2) is 6.33 Å². The lowest BCUT2D eigenvalue weighted by Crippen LogP contribution is -2.46. The van der Waals surface area contributed by atoms with Crippen LogP contribution in [0.2, 0.25) is 0 Å². The number of piperidine rings is 1. The molecule has 0 spiro atoms. The maximum Gasteiger partial charge on any atom is 0.329 e. The average molecular weight is 297 g/mol. The third-order valence-corrected chi connectivity index (χ3v) is 3.22. The second-order valence-electron chi connectivity index (χ2n) is 4.88. The zero-order valence-corrected chi connectivity index (χ0v) is 11.9. The van der Waals surface area contributed by atoms with Gasteiger partial charge in [-0.05, 0) is 12.8 Å². The number of rotatable bonds is 5. The quantitative estimate of drug-likeness (QED) is 0.764. The van der Waals surface area contributed by atoms with Gasteiger partial charge in [-0.25, -0.2) is 14.6 Å². The lowest BCUT2D eigenvalue weighted by molar-refractivity contribution is -0.145. The normalized spacial score (nSPS) is 16.0. The monoisotopic (exact) mass is 297 g/mol. The van der Waals surface area contributed by atoms with E-state index in [1.54, 1.807) is 23.0 Å². The summed E-state index contributed by atoms with van der Waals surface area (Å²) in [5.41, 5.74) is 0. The van der Waals surface area contributed by atoms with Crippen LogP contribution in [-0.4, -0.2) is 62.6 Å². The molecule has 2 N–H and O–H groups in total. The average Bonchev–Trinajstić information content (AvgIpc) is 2.89. The van der Waals surface area contributed by atoms with Crippen molar-refractivity contribution in [3.63, 3.8) is 0 Å². The summed E-state index contributed by atoms with van der Waals surface area (Å²) < 4.78 is 6.80. The van der Waals surface area contributed by atoms with Crippen LogP contribution in [0.3, 0.4) is 0 Å². The van der Waals surface area contributed by atoms with E-state index in [1.165, 1.54) is 0 Å². The van der Waals surface area contributed by atoms with E-state index in [4.69, 9.17) is 9.84 Å². The predicted molar refractivity (Wildman–Crippen MR) is 71.4 cm³/mol. The van der Waals surface area contributed by atoms with Crippen molar-refractivity contribution >= 4 is 12.0 Å². The van der Waals surface area contributed by atoms with Crippen LogP contribution in [0.1, 0.15) is 18.7 Å². The van der Waals surface area contributed by atoms with Crippen LogP contribution in [-0.2, 0) is 23.1 Å². The number of urea groups is 1. The Morgan fingerprint density at radius 2 is 2.19 bits per heavy atom. The number of ether oxygens (including phenoxy) is 1. The van der Waals surface area contributed by atoms with E-state index < -0.39 is 5.97 Å². The van der Waals surface area contributed by atoms with Crippen molar-refractivity contribution in [3.05, 3.63) is 12.2 Å². The molecule has 1 aromatic rings. The predicted octanol–water partition coefficient (Wildman–Crippen LogP) is -0.410. The molecule has 9 nitrogen and oxygen atoms in total. The number of carboxylic acids is 1. The van der Waals surface area contributed by atoms with Gasteiger partial charge < -0.3 is 20.1 Å². The second-order valence-corrected chi connectivity index (χ2v) is 4.88. The maximum absolute atomic E-state index is 12.0. The molecule has 2 heterocycles. The van der Waals surface area contributed by atoms with Crippen molar-refractivity contribution in [2.45, 2.75) is 25.5 Å². The first-order valence-electron chi connectivity index (χ1n) is 6.75. The minimum atomic E-state index is -0.974. The Balaban J connectivity index is 1.69. The number of carbonyl (C=O) groups excluding carboxylic acids is 1. The van der Waals surface area contributed by atoms with E-state index >= 15 is 0 Å². The molecule has 0 bridgehead atoms. The third kappa shape index (κ3) is 4.71. The molecule has 0 atom stereocenters. The summed E-state index contributed by atoms with van der Waals surface area (Å²) in [6.45, 7) is 1.09. The van der Waals surface area contributed by atoms with Crippen LogP contribution in [0.5, 0.6) is 0 Å². The lowest BCUT2D eigenvalue weighted by Gasteiger charge is -2.31. The molecule has 0 aromatic carbocycles. The number of hydrogen-bond donors (Lipinski definition) is 2. The Labute approximate surface area is 121 Å². The highest BCUT2D eigenvalue weighted by atomic mass is 16.5. The van der Waals surface area contributed by atoms with E-state index in [1.807, 2.05) is 0 Å². The molecule has 0 aliphatic carbocycles. The molecule has 0 radical (unpaired) electrons. The molecule has 1 saturated heterocycles. The lowest BCUT2D eigenvalue weighted by atomic mass is 10.1. The van der Waals surface area contributed by atoms with Crippen LogP contribution in [0.4, 0.5) is 4.79 Å². The Hall–Kier alpha value is -2.16. The summed E-state index contributed by atoms with van der Waals surface area (Å²) in [6, 6.07) is -0.167. The van der Waals surface area contributed by atoms with Gasteiger partial charge in [-0.3, -0.25) is 4.68 Å². The van der Waals surface area contributed by atoms with Crippen LogP contribution < -0.4 is 5.32 Å². The van der Waals surface area contributed by atoms with Crippen molar-refractivity contribution in [2.75, 3.05) is 19.7 Å². The summed E-state index contributed by atoms with van der Waals surface area (Å²) in [6.07, 6.45) is 2.76. The number of nitrogens with one attached hydrogen (secondary N) is 1. The summed E-state index contributed by atoms with van der Waals surface area (Å²) in [4.78, 5) is 28.1. The molecule has 2 amide bonds. The third-order valence-electron chi connectivity index (χ3n) is 3.22. The Morgan fingerprint density at radius 1 is 1.48 bits per heavy atom. The number of aliphatic carboxylic acids is 1. The van der Waals surface area contributed by atoms with Gasteiger partial charge in [0.15, 0.2) is 5.82 Å². The molecule has 21 heavy (non-hydrogen) atoms. The van der Waals surface area contributed by atoms with Gasteiger partial charge in [0.1, 0.15) is 12.9 Å². The van der Waals surface area contributed by atoms with Crippen molar-refractivity contribution in [3.8, 4) is 0 Å². The van der Waals surface area contributed by atoms with Crippen molar-refractivity contribution in [1.82, 2.24) is 25.0 Å². The van der Waals surface area contributed by atoms with E-state index in [0.29, 0.717) is 31.8 Å². The second kappa shape index (κ2) is 7.02. The number of nitrogens with zero attached hydrogens (tertiary/aromatic N) is 4. The van der Waals surface area contributed by atoms with Gasteiger partial charge in [-0.2, -0.15) is 5.10 Å². The number of amides is 2. The van der Waals surface area contributed by atoms with Crippen molar-refractivity contribution in [1.29, 1.82) is 0 Å². The van der Waals surface area contributed by atoms with Crippen LogP contribution in [0.25, 0.3) is 0 Å². The zero-order valence-electron chi connectivity index (χ0n) is 11.9. The fourth-order valence-corrected chi connectivity index (χ4v) is 2.15. The van der Waals surface area contributed by atoms with Gasteiger partial charge in [0.2, 0.25) is 0 Å². The standard InChI is InChI=1S/C12H19N5O4/c1-16-8-14-10(15-16)6-13-12(20)17-4-2-9(3-5-17)21-7-11(18)19/h8-9H,2-7H2,1H3,(H,13,20)(H,18,19). The SMILES string of the molecule is Cn1cnc(CNC(=O)N2CCC(OCC(=O)O)CC2)n1. The number of hydrogen-bond acceptors (Lipinski definition) is 5. The highest BCUT2D eigenvalue weighted by Crippen LogP contribution is 2.13. The largest absolute Gasteiger partial charge is 0.480 e. The number of carboxylic acid groups (broad SMARTS) is 1. The van der Waals surface area contributed by atoms with E-state index in [9.17, 15) is 9.59 Å².